The summed E-state index contributed by atoms with van der Waals surface area (Å²) in [4.78, 5) is 0. The van der Waals surface area contributed by atoms with Gasteiger partial charge in [0.25, 0.3) is 0 Å². The Morgan fingerprint density at radius 1 is 1.30 bits per heavy atom. The summed E-state index contributed by atoms with van der Waals surface area (Å²) in [5.41, 5.74) is 0.196. The highest BCUT2D eigenvalue weighted by molar-refractivity contribution is 5.31. The molecule has 0 aromatic heterocycles. The summed E-state index contributed by atoms with van der Waals surface area (Å²) in [5, 5.41) is 3.29. The highest BCUT2D eigenvalue weighted by Crippen LogP contribution is 2.37. The van der Waals surface area contributed by atoms with Gasteiger partial charge in [0.2, 0.25) is 0 Å². The fourth-order valence-electron chi connectivity index (χ4n) is 2.86. The third-order valence-electron chi connectivity index (χ3n) is 4.29. The van der Waals surface area contributed by atoms with Crippen LogP contribution in [-0.2, 0) is 4.74 Å². The summed E-state index contributed by atoms with van der Waals surface area (Å²) in [6.07, 6.45) is 2.39. The molecule has 2 unspecified atom stereocenters. The third kappa shape index (κ3) is 3.44. The maximum Gasteiger partial charge on any atom is 0.119 e. The lowest BCUT2D eigenvalue weighted by Gasteiger charge is -2.32. The molecule has 4 heteroatoms. The molecule has 1 N–H and O–H groups in total. The minimum Gasteiger partial charge on any atom is -0.497 e. The minimum atomic E-state index is 0.196. The molecule has 2 atom stereocenters. The van der Waals surface area contributed by atoms with Crippen molar-refractivity contribution in [2.75, 3.05) is 33.9 Å². The first kappa shape index (κ1) is 15.1. The topological polar surface area (TPSA) is 39.7 Å². The number of methoxy groups -OCH3 is 1. The highest BCUT2D eigenvalue weighted by atomic mass is 16.5. The minimum absolute atomic E-state index is 0.196. The van der Waals surface area contributed by atoms with Gasteiger partial charge in [0.1, 0.15) is 11.5 Å². The van der Waals surface area contributed by atoms with Crippen molar-refractivity contribution in [3.05, 3.63) is 24.3 Å². The van der Waals surface area contributed by atoms with E-state index in [1.165, 1.54) is 0 Å². The number of hydrogen-bond acceptors (Lipinski definition) is 4. The number of benzene rings is 1. The van der Waals surface area contributed by atoms with E-state index in [1.54, 1.807) is 7.11 Å². The predicted octanol–water partition coefficient (Wildman–Crippen LogP) is 2.48. The van der Waals surface area contributed by atoms with E-state index in [2.05, 4.69) is 12.2 Å². The van der Waals surface area contributed by atoms with Crippen LogP contribution in [0.2, 0.25) is 0 Å². The lowest BCUT2D eigenvalue weighted by Crippen LogP contribution is -2.39. The average Bonchev–Trinajstić information content (AvgIpc) is 2.81. The van der Waals surface area contributed by atoms with E-state index in [0.29, 0.717) is 6.61 Å². The summed E-state index contributed by atoms with van der Waals surface area (Å²) in [7, 11) is 3.66. The molecule has 1 fully saturated rings. The van der Waals surface area contributed by atoms with E-state index < -0.39 is 0 Å². The Hall–Kier alpha value is -1.26. The van der Waals surface area contributed by atoms with Crippen LogP contribution in [0.5, 0.6) is 11.5 Å². The molecule has 0 saturated carbocycles. The van der Waals surface area contributed by atoms with Crippen LogP contribution in [0.25, 0.3) is 0 Å². The largest absolute Gasteiger partial charge is 0.497 e. The van der Waals surface area contributed by atoms with Gasteiger partial charge in [-0.1, -0.05) is 0 Å². The Kier molecular flexibility index (Phi) is 5.26. The normalized spacial score (nSPS) is 25.6. The summed E-state index contributed by atoms with van der Waals surface area (Å²) in [6, 6.07) is 7.72. The van der Waals surface area contributed by atoms with Crippen LogP contribution in [0.15, 0.2) is 24.3 Å². The monoisotopic (exact) mass is 279 g/mol. The number of ether oxygens (including phenoxy) is 3. The molecule has 1 saturated heterocycles. The van der Waals surface area contributed by atoms with E-state index in [1.807, 2.05) is 31.3 Å². The SMILES string of the molecule is CNCC1(CCOc2ccc(OC)cc2)CCOC1C. The van der Waals surface area contributed by atoms with E-state index >= 15 is 0 Å². The predicted molar refractivity (Wildman–Crippen MR) is 79.5 cm³/mol. The van der Waals surface area contributed by atoms with Gasteiger partial charge in [0.15, 0.2) is 0 Å². The second-order valence-corrected chi connectivity index (χ2v) is 5.43. The maximum atomic E-state index is 5.85. The van der Waals surface area contributed by atoms with Crippen LogP contribution in [0.1, 0.15) is 19.8 Å². The van der Waals surface area contributed by atoms with Gasteiger partial charge in [-0.2, -0.15) is 0 Å². The second-order valence-electron chi connectivity index (χ2n) is 5.43. The fourth-order valence-corrected chi connectivity index (χ4v) is 2.86. The number of nitrogens with one attached hydrogen (secondary N) is 1. The molecule has 20 heavy (non-hydrogen) atoms. The van der Waals surface area contributed by atoms with Crippen molar-refractivity contribution in [3.8, 4) is 11.5 Å². The van der Waals surface area contributed by atoms with Crippen LogP contribution >= 0.6 is 0 Å². The molecular formula is C16H25NO3. The lowest BCUT2D eigenvalue weighted by atomic mass is 9.78. The Morgan fingerprint density at radius 3 is 2.55 bits per heavy atom. The molecule has 1 aliphatic heterocycles. The van der Waals surface area contributed by atoms with E-state index in [4.69, 9.17) is 14.2 Å². The standard InChI is InChI=1S/C16H25NO3/c1-13-16(12-17-2,8-10-19-13)9-11-20-15-6-4-14(18-3)5-7-15/h4-7,13,17H,8-12H2,1-3H3. The van der Waals surface area contributed by atoms with Gasteiger partial charge in [-0.25, -0.2) is 0 Å². The molecule has 0 bridgehead atoms. The molecule has 0 spiro atoms. The zero-order valence-corrected chi connectivity index (χ0v) is 12.6. The Bertz CT molecular complexity index is 407. The molecule has 1 heterocycles. The molecule has 1 aliphatic rings. The zero-order valence-electron chi connectivity index (χ0n) is 12.6. The van der Waals surface area contributed by atoms with Gasteiger partial charge in [0.05, 0.1) is 19.8 Å². The third-order valence-corrected chi connectivity index (χ3v) is 4.29. The van der Waals surface area contributed by atoms with Crippen LogP contribution < -0.4 is 14.8 Å². The Labute approximate surface area is 121 Å². The van der Waals surface area contributed by atoms with E-state index in [0.717, 1.165) is 37.5 Å². The summed E-state index contributed by atoms with van der Waals surface area (Å²) in [6.45, 7) is 4.70. The molecule has 2 rings (SSSR count). The number of rotatable bonds is 7. The first-order valence-corrected chi connectivity index (χ1v) is 7.23. The molecular weight excluding hydrogens is 254 g/mol. The van der Waals surface area contributed by atoms with Crippen molar-refractivity contribution in [3.63, 3.8) is 0 Å². The Morgan fingerprint density at radius 2 is 2.00 bits per heavy atom. The Balaban J connectivity index is 1.86. The molecule has 1 aromatic rings. The first-order chi connectivity index (χ1) is 9.70. The van der Waals surface area contributed by atoms with Crippen molar-refractivity contribution in [2.24, 2.45) is 5.41 Å². The van der Waals surface area contributed by atoms with Crippen molar-refractivity contribution >= 4 is 0 Å². The van der Waals surface area contributed by atoms with Crippen LogP contribution in [0.4, 0.5) is 0 Å². The molecule has 0 amide bonds. The first-order valence-electron chi connectivity index (χ1n) is 7.23. The molecule has 0 aliphatic carbocycles. The van der Waals surface area contributed by atoms with Crippen molar-refractivity contribution in [2.45, 2.75) is 25.9 Å². The second kappa shape index (κ2) is 6.95. The van der Waals surface area contributed by atoms with Gasteiger partial charge < -0.3 is 19.5 Å². The van der Waals surface area contributed by atoms with Crippen LogP contribution in [0, 0.1) is 5.41 Å². The molecule has 1 aromatic carbocycles. The maximum absolute atomic E-state index is 5.85. The van der Waals surface area contributed by atoms with Gasteiger partial charge in [-0.3, -0.25) is 0 Å². The highest BCUT2D eigenvalue weighted by Gasteiger charge is 2.40. The van der Waals surface area contributed by atoms with Crippen LogP contribution in [-0.4, -0.2) is 40.0 Å². The van der Waals surface area contributed by atoms with Gasteiger partial charge in [0, 0.05) is 18.6 Å². The van der Waals surface area contributed by atoms with Crippen LogP contribution in [0.3, 0.4) is 0 Å². The van der Waals surface area contributed by atoms with Crippen molar-refractivity contribution < 1.29 is 14.2 Å². The summed E-state index contributed by atoms with van der Waals surface area (Å²) < 4.78 is 16.7. The van der Waals surface area contributed by atoms with Gasteiger partial charge in [-0.15, -0.1) is 0 Å². The smallest absolute Gasteiger partial charge is 0.119 e. The zero-order chi connectivity index (χ0) is 14.4. The van der Waals surface area contributed by atoms with Gasteiger partial charge in [-0.05, 0) is 51.1 Å². The van der Waals surface area contributed by atoms with Crippen molar-refractivity contribution in [1.29, 1.82) is 0 Å². The van der Waals surface area contributed by atoms with E-state index in [9.17, 15) is 0 Å². The molecule has 4 nitrogen and oxygen atoms in total. The molecule has 112 valence electrons. The van der Waals surface area contributed by atoms with E-state index in [-0.39, 0.29) is 11.5 Å². The summed E-state index contributed by atoms with van der Waals surface area (Å²) in [5.74, 6) is 1.73. The lowest BCUT2D eigenvalue weighted by molar-refractivity contribution is 0.0515. The summed E-state index contributed by atoms with van der Waals surface area (Å²) >= 11 is 0. The van der Waals surface area contributed by atoms with Crippen molar-refractivity contribution in [1.82, 2.24) is 5.32 Å². The number of hydrogen-bond donors (Lipinski definition) is 1. The molecule has 0 radical (unpaired) electrons. The quantitative estimate of drug-likeness (QED) is 0.832. The van der Waals surface area contributed by atoms with Gasteiger partial charge >= 0.3 is 0 Å². The average molecular weight is 279 g/mol. The fraction of sp³-hybridized carbons (Fsp3) is 0.625.